The average molecular weight is 329 g/mol. The van der Waals surface area contributed by atoms with Gasteiger partial charge in [-0.1, -0.05) is 0 Å². The van der Waals surface area contributed by atoms with Crippen LogP contribution in [-0.4, -0.2) is 54.9 Å². The molecular weight excluding hydrogens is 302 g/mol. The Balaban J connectivity index is 1.77. The smallest absolute Gasteiger partial charge is 0.270 e. The summed E-state index contributed by atoms with van der Waals surface area (Å²) in [6.07, 6.45) is 4.72. The number of hydrogen-bond acceptors (Lipinski definition) is 3. The maximum absolute atomic E-state index is 12.8. The zero-order chi connectivity index (χ0) is 17.3. The van der Waals surface area contributed by atoms with Crippen molar-refractivity contribution in [1.29, 1.82) is 0 Å². The van der Waals surface area contributed by atoms with Gasteiger partial charge in [0, 0.05) is 31.7 Å². The van der Waals surface area contributed by atoms with E-state index in [1.807, 2.05) is 33.3 Å². The molecule has 0 spiro atoms. The van der Waals surface area contributed by atoms with Crippen LogP contribution in [0.4, 0.5) is 0 Å². The largest absolute Gasteiger partial charge is 0.469 e. The van der Waals surface area contributed by atoms with Crippen LogP contribution in [0.25, 0.3) is 0 Å². The predicted octanol–water partition coefficient (Wildman–Crippen LogP) is 2.82. The minimum atomic E-state index is 0.0818. The van der Waals surface area contributed by atoms with Crippen LogP contribution in [0.15, 0.2) is 22.8 Å². The van der Waals surface area contributed by atoms with Gasteiger partial charge in [-0.2, -0.15) is 0 Å². The highest BCUT2D eigenvalue weighted by Crippen LogP contribution is 2.35. The molecule has 1 aliphatic rings. The number of nitrogens with one attached hydrogen (secondary N) is 1. The van der Waals surface area contributed by atoms with Crippen LogP contribution in [0.1, 0.15) is 45.4 Å². The second kappa shape index (κ2) is 6.85. The van der Waals surface area contributed by atoms with Gasteiger partial charge in [-0.25, -0.2) is 0 Å². The third-order valence-electron chi connectivity index (χ3n) is 5.05. The number of carbonyl (C=O) groups excluding carboxylic acids is 1. The number of furan rings is 1. The first-order valence-corrected chi connectivity index (χ1v) is 8.61. The van der Waals surface area contributed by atoms with Gasteiger partial charge in [0.25, 0.3) is 5.91 Å². The fourth-order valence-corrected chi connectivity index (χ4v) is 3.50. The maximum Gasteiger partial charge on any atom is 0.270 e. The van der Waals surface area contributed by atoms with E-state index in [0.29, 0.717) is 5.92 Å². The second-order valence-electron chi connectivity index (χ2n) is 7.07. The number of aromatic amines is 1. The highest BCUT2D eigenvalue weighted by molar-refractivity contribution is 5.94. The van der Waals surface area contributed by atoms with Crippen molar-refractivity contribution in [2.75, 3.05) is 34.2 Å². The molecule has 1 unspecified atom stereocenters. The number of likely N-dealkylation sites (N-methyl/N-ethyl adjacent to an activating group) is 2. The lowest BCUT2D eigenvalue weighted by atomic mass is 9.85. The van der Waals surface area contributed by atoms with E-state index < -0.39 is 0 Å². The van der Waals surface area contributed by atoms with E-state index in [9.17, 15) is 4.79 Å². The first-order chi connectivity index (χ1) is 11.5. The molecule has 1 N–H and O–H groups in total. The molecule has 24 heavy (non-hydrogen) atoms. The molecule has 2 aromatic rings. The number of nitrogens with zero attached hydrogens (tertiary/aromatic N) is 2. The van der Waals surface area contributed by atoms with Gasteiger partial charge in [0.1, 0.15) is 11.5 Å². The van der Waals surface area contributed by atoms with Crippen molar-refractivity contribution >= 4 is 5.91 Å². The highest BCUT2D eigenvalue weighted by Gasteiger charge is 2.28. The third-order valence-corrected chi connectivity index (χ3v) is 5.05. The molecule has 1 atom stereocenters. The Morgan fingerprint density at radius 3 is 2.79 bits per heavy atom. The predicted molar refractivity (Wildman–Crippen MR) is 94.5 cm³/mol. The first-order valence-electron chi connectivity index (χ1n) is 8.61. The van der Waals surface area contributed by atoms with Gasteiger partial charge < -0.3 is 19.2 Å². The molecule has 5 nitrogen and oxygen atoms in total. The Labute approximate surface area is 143 Å². The molecule has 2 aromatic heterocycles. The number of H-pyrrole nitrogens is 1. The molecule has 130 valence electrons. The number of aromatic nitrogens is 1. The molecule has 0 saturated carbocycles. The van der Waals surface area contributed by atoms with E-state index in [1.165, 1.54) is 11.3 Å². The summed E-state index contributed by atoms with van der Waals surface area (Å²) in [6.45, 7) is 3.65. The van der Waals surface area contributed by atoms with Gasteiger partial charge in [-0.15, -0.1) is 0 Å². The van der Waals surface area contributed by atoms with Crippen molar-refractivity contribution in [2.24, 2.45) is 0 Å². The van der Waals surface area contributed by atoms with E-state index in [4.69, 9.17) is 4.42 Å². The van der Waals surface area contributed by atoms with Gasteiger partial charge >= 0.3 is 0 Å². The Morgan fingerprint density at radius 1 is 1.33 bits per heavy atom. The summed E-state index contributed by atoms with van der Waals surface area (Å²) in [7, 11) is 5.91. The third kappa shape index (κ3) is 3.26. The zero-order valence-corrected chi connectivity index (χ0v) is 15.1. The highest BCUT2D eigenvalue weighted by atomic mass is 16.3. The lowest BCUT2D eigenvalue weighted by Crippen LogP contribution is -2.34. The monoisotopic (exact) mass is 329 g/mol. The summed E-state index contributed by atoms with van der Waals surface area (Å²) in [6, 6.07) is 3.99. The van der Waals surface area contributed by atoms with Crippen LogP contribution in [0.2, 0.25) is 0 Å². The fraction of sp³-hybridized carbons (Fsp3) is 0.526. The number of rotatable bonds is 5. The van der Waals surface area contributed by atoms with Crippen LogP contribution in [0, 0.1) is 6.92 Å². The lowest BCUT2D eigenvalue weighted by molar-refractivity contribution is 0.0780. The van der Waals surface area contributed by atoms with Crippen molar-refractivity contribution in [3.05, 3.63) is 46.7 Å². The van der Waals surface area contributed by atoms with Crippen molar-refractivity contribution in [3.63, 3.8) is 0 Å². The first kappa shape index (κ1) is 16.8. The molecule has 3 rings (SSSR count). The van der Waals surface area contributed by atoms with Gasteiger partial charge in [-0.3, -0.25) is 4.79 Å². The summed E-state index contributed by atoms with van der Waals surface area (Å²) < 4.78 is 5.57. The minimum absolute atomic E-state index is 0.0818. The standard InChI is InChI=1S/C19H27N3O2/c1-13-15-8-7-14(17-6-5-11-24-17)12-16(15)20-18(13)19(23)22(4)10-9-21(2)3/h5-6,11,14,20H,7-10,12H2,1-4H3. The van der Waals surface area contributed by atoms with Gasteiger partial charge in [0.2, 0.25) is 0 Å². The quantitative estimate of drug-likeness (QED) is 0.918. The minimum Gasteiger partial charge on any atom is -0.469 e. The van der Waals surface area contributed by atoms with Crippen molar-refractivity contribution in [3.8, 4) is 0 Å². The second-order valence-corrected chi connectivity index (χ2v) is 7.07. The SMILES string of the molecule is Cc1c(C(=O)N(C)CCN(C)C)[nH]c2c1CCC(c1ccco1)C2. The summed E-state index contributed by atoms with van der Waals surface area (Å²) in [5, 5.41) is 0. The molecule has 0 radical (unpaired) electrons. The van der Waals surface area contributed by atoms with Crippen molar-refractivity contribution in [2.45, 2.75) is 32.1 Å². The Bertz CT molecular complexity index is 701. The van der Waals surface area contributed by atoms with Crippen molar-refractivity contribution < 1.29 is 9.21 Å². The van der Waals surface area contributed by atoms with E-state index in [2.05, 4.69) is 16.8 Å². The Kier molecular flexibility index (Phi) is 4.81. The summed E-state index contributed by atoms with van der Waals surface area (Å²) >= 11 is 0. The summed E-state index contributed by atoms with van der Waals surface area (Å²) in [4.78, 5) is 20.1. The van der Waals surface area contributed by atoms with Crippen LogP contribution >= 0.6 is 0 Å². The molecular formula is C19H27N3O2. The van der Waals surface area contributed by atoms with Crippen molar-refractivity contribution in [1.82, 2.24) is 14.8 Å². The summed E-state index contributed by atoms with van der Waals surface area (Å²) in [5.41, 5.74) is 4.39. The van der Waals surface area contributed by atoms with Crippen LogP contribution in [-0.2, 0) is 12.8 Å². The maximum atomic E-state index is 12.8. The van der Waals surface area contributed by atoms with Gasteiger partial charge in [0.05, 0.1) is 6.26 Å². The Morgan fingerprint density at radius 2 is 2.12 bits per heavy atom. The number of fused-ring (bicyclic) bond motifs is 1. The molecule has 0 saturated heterocycles. The Hall–Kier alpha value is -2.01. The van der Waals surface area contributed by atoms with E-state index in [1.54, 1.807) is 11.2 Å². The van der Waals surface area contributed by atoms with Gasteiger partial charge in [0.15, 0.2) is 0 Å². The number of carbonyl (C=O) groups is 1. The number of hydrogen-bond donors (Lipinski definition) is 1. The molecule has 0 aromatic carbocycles. The topological polar surface area (TPSA) is 52.5 Å². The zero-order valence-electron chi connectivity index (χ0n) is 15.1. The number of amides is 1. The average Bonchev–Trinajstić information content (AvgIpc) is 3.20. The lowest BCUT2D eigenvalue weighted by Gasteiger charge is -2.20. The molecule has 0 fully saturated rings. The molecule has 5 heteroatoms. The molecule has 2 heterocycles. The molecule has 1 amide bonds. The van der Waals surface area contributed by atoms with Crippen LogP contribution in [0.5, 0.6) is 0 Å². The fourth-order valence-electron chi connectivity index (χ4n) is 3.50. The van der Waals surface area contributed by atoms with Gasteiger partial charge in [-0.05, 0) is 63.5 Å². The van der Waals surface area contributed by atoms with E-state index in [0.717, 1.165) is 49.4 Å². The summed E-state index contributed by atoms with van der Waals surface area (Å²) in [5.74, 6) is 1.53. The van der Waals surface area contributed by atoms with Crippen LogP contribution < -0.4 is 0 Å². The normalized spacial score (nSPS) is 17.1. The molecule has 0 aliphatic heterocycles. The molecule has 0 bridgehead atoms. The van der Waals surface area contributed by atoms with E-state index >= 15 is 0 Å². The van der Waals surface area contributed by atoms with Crippen LogP contribution in [0.3, 0.4) is 0 Å². The molecule has 1 aliphatic carbocycles. The van der Waals surface area contributed by atoms with E-state index in [-0.39, 0.29) is 5.91 Å².